The Morgan fingerprint density at radius 3 is 2.74 bits per heavy atom. The maximum atomic E-state index is 9.30. The summed E-state index contributed by atoms with van der Waals surface area (Å²) in [6.45, 7) is 1.97. The third kappa shape index (κ3) is 2.48. The van der Waals surface area contributed by atoms with Gasteiger partial charge in [-0.05, 0) is 44.2 Å². The summed E-state index contributed by atoms with van der Waals surface area (Å²) >= 11 is 0. The van der Waals surface area contributed by atoms with Crippen molar-refractivity contribution < 1.29 is 9.63 Å². The predicted molar refractivity (Wildman–Crippen MR) is 71.6 cm³/mol. The van der Waals surface area contributed by atoms with E-state index in [0.29, 0.717) is 0 Å². The van der Waals surface area contributed by atoms with Gasteiger partial charge in [0, 0.05) is 5.56 Å². The highest BCUT2D eigenvalue weighted by Gasteiger charge is 2.22. The normalized spacial score (nSPS) is 16.1. The zero-order chi connectivity index (χ0) is 13.2. The number of rotatable bonds is 3. The monoisotopic (exact) mass is 257 g/mol. The molecule has 0 spiro atoms. The molecule has 1 saturated carbocycles. The SMILES string of the molecule is Cc1noc(-c2ccc(O)cn2)c1C[C]1CCCC1. The molecular weight excluding hydrogens is 240 g/mol. The quantitative estimate of drug-likeness (QED) is 0.915. The van der Waals surface area contributed by atoms with Gasteiger partial charge in [0.2, 0.25) is 0 Å². The highest BCUT2D eigenvalue weighted by Crippen LogP contribution is 2.34. The highest BCUT2D eigenvalue weighted by molar-refractivity contribution is 5.58. The Morgan fingerprint density at radius 1 is 1.26 bits per heavy atom. The van der Waals surface area contributed by atoms with Gasteiger partial charge in [0.05, 0.1) is 11.9 Å². The molecule has 2 aromatic rings. The van der Waals surface area contributed by atoms with Crippen LogP contribution in [-0.2, 0) is 6.42 Å². The average molecular weight is 257 g/mol. The van der Waals surface area contributed by atoms with E-state index in [1.807, 2.05) is 6.92 Å². The van der Waals surface area contributed by atoms with Gasteiger partial charge in [-0.3, -0.25) is 0 Å². The van der Waals surface area contributed by atoms with Crippen LogP contribution in [-0.4, -0.2) is 15.2 Å². The van der Waals surface area contributed by atoms with Gasteiger partial charge >= 0.3 is 0 Å². The van der Waals surface area contributed by atoms with Gasteiger partial charge < -0.3 is 9.63 Å². The Kier molecular flexibility index (Phi) is 3.23. The minimum Gasteiger partial charge on any atom is -0.506 e. The number of hydrogen-bond donors (Lipinski definition) is 1. The molecule has 4 nitrogen and oxygen atoms in total. The molecule has 1 N–H and O–H groups in total. The predicted octanol–water partition coefficient (Wildman–Crippen LogP) is 3.44. The number of aromatic hydroxyl groups is 1. The fourth-order valence-corrected chi connectivity index (χ4v) is 2.62. The van der Waals surface area contributed by atoms with Crippen LogP contribution in [0.2, 0.25) is 0 Å². The standard InChI is InChI=1S/C15H17N2O2/c1-10-13(8-11-4-2-3-5-11)15(19-17-10)14-7-6-12(18)9-16-14/h6-7,9,18H,2-5,8H2,1H3. The molecule has 0 amide bonds. The van der Waals surface area contributed by atoms with Crippen LogP contribution >= 0.6 is 0 Å². The van der Waals surface area contributed by atoms with Crippen LogP contribution in [0.25, 0.3) is 11.5 Å². The van der Waals surface area contributed by atoms with Crippen LogP contribution in [0.1, 0.15) is 36.9 Å². The topological polar surface area (TPSA) is 59.2 Å². The maximum Gasteiger partial charge on any atom is 0.188 e. The highest BCUT2D eigenvalue weighted by atomic mass is 16.5. The number of nitrogens with zero attached hydrogens (tertiary/aromatic N) is 2. The summed E-state index contributed by atoms with van der Waals surface area (Å²) in [5.74, 6) is 2.47. The average Bonchev–Trinajstić information content (AvgIpc) is 3.03. The van der Waals surface area contributed by atoms with E-state index < -0.39 is 0 Å². The molecule has 0 unspecified atom stereocenters. The zero-order valence-corrected chi connectivity index (χ0v) is 11.0. The first kappa shape index (κ1) is 12.2. The van der Waals surface area contributed by atoms with Gasteiger partial charge in [-0.25, -0.2) is 4.98 Å². The van der Waals surface area contributed by atoms with E-state index in [-0.39, 0.29) is 5.75 Å². The summed E-state index contributed by atoms with van der Waals surface area (Å²) in [7, 11) is 0. The summed E-state index contributed by atoms with van der Waals surface area (Å²) < 4.78 is 5.42. The minimum atomic E-state index is 0.159. The molecule has 0 bridgehead atoms. The van der Waals surface area contributed by atoms with Crippen LogP contribution in [0.3, 0.4) is 0 Å². The molecule has 1 radical (unpaired) electrons. The van der Waals surface area contributed by atoms with E-state index in [4.69, 9.17) is 4.52 Å². The summed E-state index contributed by atoms with van der Waals surface area (Å²) in [5.41, 5.74) is 2.80. The smallest absolute Gasteiger partial charge is 0.188 e. The Balaban J connectivity index is 1.91. The van der Waals surface area contributed by atoms with Crippen molar-refractivity contribution in [3.05, 3.63) is 35.5 Å². The first-order valence-corrected chi connectivity index (χ1v) is 6.68. The van der Waals surface area contributed by atoms with Gasteiger partial charge in [0.25, 0.3) is 0 Å². The van der Waals surface area contributed by atoms with E-state index in [2.05, 4.69) is 10.1 Å². The van der Waals surface area contributed by atoms with Gasteiger partial charge in [-0.1, -0.05) is 18.0 Å². The van der Waals surface area contributed by atoms with Crippen molar-refractivity contribution in [2.24, 2.45) is 0 Å². The second-order valence-electron chi connectivity index (χ2n) is 5.11. The second-order valence-corrected chi connectivity index (χ2v) is 5.11. The fourth-order valence-electron chi connectivity index (χ4n) is 2.62. The van der Waals surface area contributed by atoms with E-state index in [9.17, 15) is 5.11 Å². The molecular formula is C15H17N2O2. The molecule has 2 heterocycles. The van der Waals surface area contributed by atoms with Crippen molar-refractivity contribution in [2.45, 2.75) is 39.0 Å². The lowest BCUT2D eigenvalue weighted by atomic mass is 9.96. The second kappa shape index (κ2) is 5.03. The molecule has 0 aromatic carbocycles. The minimum absolute atomic E-state index is 0.159. The van der Waals surface area contributed by atoms with Crippen molar-refractivity contribution in [1.29, 1.82) is 0 Å². The Hall–Kier alpha value is -1.84. The van der Waals surface area contributed by atoms with Crippen LogP contribution in [0.15, 0.2) is 22.9 Å². The number of aromatic nitrogens is 2. The Labute approximate surface area is 112 Å². The molecule has 0 atom stereocenters. The van der Waals surface area contributed by atoms with E-state index in [1.54, 1.807) is 18.1 Å². The van der Waals surface area contributed by atoms with Gasteiger partial charge in [-0.15, -0.1) is 0 Å². The number of pyridine rings is 1. The molecule has 0 aliphatic heterocycles. The van der Waals surface area contributed by atoms with Crippen LogP contribution in [0, 0.1) is 12.8 Å². The Bertz CT molecular complexity index is 554. The number of hydrogen-bond acceptors (Lipinski definition) is 4. The van der Waals surface area contributed by atoms with E-state index in [0.717, 1.165) is 29.1 Å². The largest absolute Gasteiger partial charge is 0.506 e. The van der Waals surface area contributed by atoms with E-state index >= 15 is 0 Å². The molecule has 1 aliphatic rings. The van der Waals surface area contributed by atoms with Gasteiger partial charge in [-0.2, -0.15) is 0 Å². The van der Waals surface area contributed by atoms with Gasteiger partial charge in [0.15, 0.2) is 5.76 Å². The molecule has 4 heteroatoms. The van der Waals surface area contributed by atoms with Crippen molar-refractivity contribution in [1.82, 2.24) is 10.1 Å². The van der Waals surface area contributed by atoms with Crippen molar-refractivity contribution in [3.63, 3.8) is 0 Å². The van der Waals surface area contributed by atoms with Crippen molar-refractivity contribution >= 4 is 0 Å². The lowest BCUT2D eigenvalue weighted by Gasteiger charge is -2.08. The van der Waals surface area contributed by atoms with Crippen LogP contribution in [0.4, 0.5) is 0 Å². The summed E-state index contributed by atoms with van der Waals surface area (Å²) in [6.07, 6.45) is 7.39. The van der Waals surface area contributed by atoms with Crippen molar-refractivity contribution in [3.8, 4) is 17.2 Å². The molecule has 1 fully saturated rings. The molecule has 19 heavy (non-hydrogen) atoms. The number of aryl methyl sites for hydroxylation is 1. The third-order valence-corrected chi connectivity index (χ3v) is 3.70. The fraction of sp³-hybridized carbons (Fsp3) is 0.400. The van der Waals surface area contributed by atoms with E-state index in [1.165, 1.54) is 31.9 Å². The summed E-state index contributed by atoms with van der Waals surface area (Å²) in [4.78, 5) is 4.20. The molecule has 99 valence electrons. The molecule has 2 aromatic heterocycles. The van der Waals surface area contributed by atoms with Crippen LogP contribution in [0.5, 0.6) is 5.75 Å². The molecule has 1 aliphatic carbocycles. The van der Waals surface area contributed by atoms with Crippen LogP contribution < -0.4 is 0 Å². The van der Waals surface area contributed by atoms with Gasteiger partial charge in [0.1, 0.15) is 11.4 Å². The molecule has 3 rings (SSSR count). The lowest BCUT2D eigenvalue weighted by molar-refractivity contribution is 0.425. The zero-order valence-electron chi connectivity index (χ0n) is 11.0. The molecule has 0 saturated heterocycles. The van der Waals surface area contributed by atoms with Crippen molar-refractivity contribution in [2.75, 3.05) is 0 Å². The maximum absolute atomic E-state index is 9.30. The Morgan fingerprint density at radius 2 is 2.05 bits per heavy atom. The third-order valence-electron chi connectivity index (χ3n) is 3.70. The summed E-state index contributed by atoms with van der Waals surface area (Å²) in [5, 5.41) is 13.4. The first-order chi connectivity index (χ1) is 9.24. The summed E-state index contributed by atoms with van der Waals surface area (Å²) in [6, 6.07) is 3.38. The lowest BCUT2D eigenvalue weighted by Crippen LogP contribution is -1.99. The first-order valence-electron chi connectivity index (χ1n) is 6.68.